The average Bonchev–Trinajstić information content (AvgIpc) is 2.90. The summed E-state index contributed by atoms with van der Waals surface area (Å²) in [5.74, 6) is 2.04. The SMILES string of the molecule is NCCc1ccc(OCC2COc3ccccc32)cn1. The van der Waals surface area contributed by atoms with Crippen LogP contribution in [0.25, 0.3) is 0 Å². The molecule has 1 atom stereocenters. The summed E-state index contributed by atoms with van der Waals surface area (Å²) in [5, 5.41) is 0. The first-order valence-corrected chi connectivity index (χ1v) is 6.86. The molecule has 1 aliphatic rings. The Labute approximate surface area is 118 Å². The topological polar surface area (TPSA) is 57.4 Å². The van der Waals surface area contributed by atoms with E-state index < -0.39 is 0 Å². The van der Waals surface area contributed by atoms with Gasteiger partial charge in [-0.15, -0.1) is 0 Å². The quantitative estimate of drug-likeness (QED) is 0.904. The third kappa shape index (κ3) is 2.75. The Kier molecular flexibility index (Phi) is 3.83. The molecule has 4 nitrogen and oxygen atoms in total. The molecule has 0 radical (unpaired) electrons. The van der Waals surface area contributed by atoms with Crippen LogP contribution in [0.5, 0.6) is 11.5 Å². The molecule has 4 heteroatoms. The number of hydrogen-bond donors (Lipinski definition) is 1. The maximum Gasteiger partial charge on any atom is 0.137 e. The van der Waals surface area contributed by atoms with Gasteiger partial charge in [0.1, 0.15) is 11.5 Å². The molecule has 2 N–H and O–H groups in total. The number of ether oxygens (including phenoxy) is 2. The first kappa shape index (κ1) is 12.9. The fourth-order valence-corrected chi connectivity index (χ4v) is 2.36. The van der Waals surface area contributed by atoms with E-state index in [1.807, 2.05) is 30.3 Å². The second-order valence-electron chi connectivity index (χ2n) is 4.88. The molecule has 104 valence electrons. The molecule has 0 bridgehead atoms. The summed E-state index contributed by atoms with van der Waals surface area (Å²) in [7, 11) is 0. The van der Waals surface area contributed by atoms with E-state index in [-0.39, 0.29) is 5.92 Å². The summed E-state index contributed by atoms with van der Waals surface area (Å²) in [5.41, 5.74) is 7.72. The molecule has 1 aromatic carbocycles. The van der Waals surface area contributed by atoms with Crippen LogP contribution in [0.15, 0.2) is 42.6 Å². The minimum absolute atomic E-state index is 0.287. The Morgan fingerprint density at radius 2 is 2.15 bits per heavy atom. The maximum atomic E-state index is 5.81. The second-order valence-corrected chi connectivity index (χ2v) is 4.88. The molecule has 0 saturated heterocycles. The monoisotopic (exact) mass is 270 g/mol. The van der Waals surface area contributed by atoms with E-state index in [1.165, 1.54) is 5.56 Å². The summed E-state index contributed by atoms with van der Waals surface area (Å²) in [6.07, 6.45) is 2.55. The molecule has 2 heterocycles. The maximum absolute atomic E-state index is 5.81. The number of rotatable bonds is 5. The molecule has 3 rings (SSSR count). The Balaban J connectivity index is 1.60. The molecular formula is C16H18N2O2. The summed E-state index contributed by atoms with van der Waals surface area (Å²) >= 11 is 0. The number of para-hydroxylation sites is 1. The fourth-order valence-electron chi connectivity index (χ4n) is 2.36. The van der Waals surface area contributed by atoms with Gasteiger partial charge in [0, 0.05) is 17.7 Å². The van der Waals surface area contributed by atoms with Crippen molar-refractivity contribution in [3.05, 3.63) is 53.9 Å². The van der Waals surface area contributed by atoms with Gasteiger partial charge in [0.2, 0.25) is 0 Å². The van der Waals surface area contributed by atoms with Crippen molar-refractivity contribution in [2.24, 2.45) is 5.73 Å². The van der Waals surface area contributed by atoms with Gasteiger partial charge in [-0.2, -0.15) is 0 Å². The lowest BCUT2D eigenvalue weighted by molar-refractivity contribution is 0.247. The van der Waals surface area contributed by atoms with Gasteiger partial charge in [0.25, 0.3) is 0 Å². The minimum Gasteiger partial charge on any atom is -0.493 e. The number of pyridine rings is 1. The number of benzene rings is 1. The zero-order valence-electron chi connectivity index (χ0n) is 11.3. The van der Waals surface area contributed by atoms with Crippen LogP contribution in [0.1, 0.15) is 17.2 Å². The van der Waals surface area contributed by atoms with E-state index in [0.717, 1.165) is 23.6 Å². The van der Waals surface area contributed by atoms with Crippen LogP contribution in [-0.4, -0.2) is 24.7 Å². The summed E-state index contributed by atoms with van der Waals surface area (Å²) in [4.78, 5) is 4.32. The smallest absolute Gasteiger partial charge is 0.137 e. The van der Waals surface area contributed by atoms with E-state index in [4.69, 9.17) is 15.2 Å². The van der Waals surface area contributed by atoms with E-state index in [9.17, 15) is 0 Å². The van der Waals surface area contributed by atoms with Crippen molar-refractivity contribution in [3.8, 4) is 11.5 Å². The van der Waals surface area contributed by atoms with Gasteiger partial charge in [-0.1, -0.05) is 18.2 Å². The Morgan fingerprint density at radius 3 is 2.95 bits per heavy atom. The molecule has 2 aromatic rings. The number of aromatic nitrogens is 1. The fraction of sp³-hybridized carbons (Fsp3) is 0.312. The van der Waals surface area contributed by atoms with Gasteiger partial charge >= 0.3 is 0 Å². The highest BCUT2D eigenvalue weighted by Crippen LogP contribution is 2.33. The lowest BCUT2D eigenvalue weighted by Crippen LogP contribution is -2.12. The van der Waals surface area contributed by atoms with Gasteiger partial charge in [-0.25, -0.2) is 0 Å². The largest absolute Gasteiger partial charge is 0.493 e. The van der Waals surface area contributed by atoms with Crippen LogP contribution in [0.2, 0.25) is 0 Å². The predicted molar refractivity (Wildman–Crippen MR) is 77.2 cm³/mol. The van der Waals surface area contributed by atoms with Crippen molar-refractivity contribution in [2.45, 2.75) is 12.3 Å². The summed E-state index contributed by atoms with van der Waals surface area (Å²) in [6.45, 7) is 1.90. The van der Waals surface area contributed by atoms with E-state index in [2.05, 4.69) is 11.1 Å². The van der Waals surface area contributed by atoms with E-state index in [0.29, 0.717) is 19.8 Å². The first-order valence-electron chi connectivity index (χ1n) is 6.86. The first-order chi connectivity index (χ1) is 9.86. The highest BCUT2D eigenvalue weighted by atomic mass is 16.5. The highest BCUT2D eigenvalue weighted by Gasteiger charge is 2.24. The average molecular weight is 270 g/mol. The summed E-state index contributed by atoms with van der Waals surface area (Å²) in [6, 6.07) is 12.0. The Bertz CT molecular complexity index is 569. The van der Waals surface area contributed by atoms with Crippen LogP contribution in [-0.2, 0) is 6.42 Å². The number of nitrogens with two attached hydrogens (primary N) is 1. The zero-order chi connectivity index (χ0) is 13.8. The second kappa shape index (κ2) is 5.92. The molecule has 1 aliphatic heterocycles. The Morgan fingerprint density at radius 1 is 1.25 bits per heavy atom. The van der Waals surface area contributed by atoms with Crippen LogP contribution in [0.4, 0.5) is 0 Å². The van der Waals surface area contributed by atoms with E-state index in [1.54, 1.807) is 6.20 Å². The van der Waals surface area contributed by atoms with Gasteiger partial charge in [-0.05, 0) is 24.7 Å². The molecule has 0 saturated carbocycles. The molecule has 1 unspecified atom stereocenters. The van der Waals surface area contributed by atoms with Crippen molar-refractivity contribution in [3.63, 3.8) is 0 Å². The number of hydrogen-bond acceptors (Lipinski definition) is 4. The number of nitrogens with zero attached hydrogens (tertiary/aromatic N) is 1. The van der Waals surface area contributed by atoms with Crippen molar-refractivity contribution in [1.82, 2.24) is 4.98 Å². The molecule has 0 aliphatic carbocycles. The van der Waals surface area contributed by atoms with Crippen molar-refractivity contribution in [2.75, 3.05) is 19.8 Å². The molecule has 20 heavy (non-hydrogen) atoms. The van der Waals surface area contributed by atoms with Crippen molar-refractivity contribution in [1.29, 1.82) is 0 Å². The molecule has 0 amide bonds. The molecule has 0 spiro atoms. The van der Waals surface area contributed by atoms with Crippen LogP contribution in [0, 0.1) is 0 Å². The van der Waals surface area contributed by atoms with Crippen molar-refractivity contribution < 1.29 is 9.47 Å². The zero-order valence-corrected chi connectivity index (χ0v) is 11.3. The normalized spacial score (nSPS) is 16.6. The van der Waals surface area contributed by atoms with Crippen LogP contribution >= 0.6 is 0 Å². The highest BCUT2D eigenvalue weighted by molar-refractivity contribution is 5.39. The third-order valence-corrected chi connectivity index (χ3v) is 3.45. The lowest BCUT2D eigenvalue weighted by atomic mass is 10.0. The molecule has 0 fully saturated rings. The van der Waals surface area contributed by atoms with Gasteiger partial charge in [0.15, 0.2) is 0 Å². The predicted octanol–water partition coefficient (Wildman–Crippen LogP) is 2.14. The lowest BCUT2D eigenvalue weighted by Gasteiger charge is -2.11. The van der Waals surface area contributed by atoms with Gasteiger partial charge < -0.3 is 15.2 Å². The van der Waals surface area contributed by atoms with Crippen molar-refractivity contribution >= 4 is 0 Å². The summed E-state index contributed by atoms with van der Waals surface area (Å²) < 4.78 is 11.4. The third-order valence-electron chi connectivity index (χ3n) is 3.45. The standard InChI is InChI=1S/C16H18N2O2/c17-8-7-13-5-6-14(9-18-13)19-10-12-11-20-16-4-2-1-3-15(12)16/h1-6,9,12H,7-8,10-11,17H2. The van der Waals surface area contributed by atoms with Gasteiger partial charge in [0.05, 0.1) is 25.3 Å². The molecular weight excluding hydrogens is 252 g/mol. The van der Waals surface area contributed by atoms with Crippen LogP contribution < -0.4 is 15.2 Å². The van der Waals surface area contributed by atoms with Crippen LogP contribution in [0.3, 0.4) is 0 Å². The Hall–Kier alpha value is -2.07. The minimum atomic E-state index is 0.287. The number of fused-ring (bicyclic) bond motifs is 1. The van der Waals surface area contributed by atoms with Gasteiger partial charge in [-0.3, -0.25) is 4.98 Å². The van der Waals surface area contributed by atoms with E-state index >= 15 is 0 Å². The molecule has 1 aromatic heterocycles.